The highest BCUT2D eigenvalue weighted by molar-refractivity contribution is 5.91. The number of nitrogens with one attached hydrogen (secondary N) is 1. The number of carbonyl (C=O) groups is 2. The first-order valence-corrected chi connectivity index (χ1v) is 12.3. The Morgan fingerprint density at radius 2 is 1.79 bits per heavy atom. The average Bonchev–Trinajstić information content (AvgIpc) is 3.06. The molecule has 1 aromatic carbocycles. The Morgan fingerprint density at radius 3 is 2.52 bits per heavy atom. The van der Waals surface area contributed by atoms with Gasteiger partial charge in [-0.3, -0.25) is 9.59 Å². The van der Waals surface area contributed by atoms with E-state index in [1.807, 2.05) is 11.9 Å². The fourth-order valence-electron chi connectivity index (χ4n) is 8.24. The van der Waals surface area contributed by atoms with Crippen LogP contribution in [0.4, 0.5) is 14.5 Å². The lowest BCUT2D eigenvalue weighted by Gasteiger charge is -2.60. The molecular weight excluding hydrogens is 422 g/mol. The predicted molar refractivity (Wildman–Crippen MR) is 123 cm³/mol. The third-order valence-corrected chi connectivity index (χ3v) is 9.90. The van der Waals surface area contributed by atoms with Crippen LogP contribution in [0, 0.1) is 46.1 Å². The zero-order valence-corrected chi connectivity index (χ0v) is 19.7. The van der Waals surface area contributed by atoms with Crippen molar-refractivity contribution in [2.24, 2.45) is 34.5 Å². The Hall–Kier alpha value is -2.24. The normalized spacial score (nSPS) is 39.6. The molecule has 0 bridgehead atoms. The molecule has 33 heavy (non-hydrogen) atoms. The first-order valence-electron chi connectivity index (χ1n) is 12.3. The van der Waals surface area contributed by atoms with E-state index in [4.69, 9.17) is 0 Å². The van der Waals surface area contributed by atoms with Gasteiger partial charge in [0.25, 0.3) is 0 Å². The Morgan fingerprint density at radius 1 is 1.06 bits per heavy atom. The number of hydrogen-bond donors (Lipinski definition) is 1. The standard InChI is InChI=1S/C27H34F2N2O2/c1-26-10-8-22-20(5-7-23-27(22,2)11-9-25(33)31(23)3)21(26)6-4-16(26)12-24(32)30-19-14-17(28)13-18(29)15-19/h9,11,13-16,20-23H,4-8,10,12H2,1-3H3,(H,30,32)/t16-,20?,21?,22?,23?,26-,27-/m1/s1. The minimum Gasteiger partial charge on any atom is -0.338 e. The minimum atomic E-state index is -0.690. The van der Waals surface area contributed by atoms with E-state index in [1.165, 1.54) is 0 Å². The third-order valence-electron chi connectivity index (χ3n) is 9.90. The molecule has 0 spiro atoms. The van der Waals surface area contributed by atoms with Crippen molar-refractivity contribution >= 4 is 17.5 Å². The molecule has 1 heterocycles. The molecule has 1 N–H and O–H groups in total. The Balaban J connectivity index is 1.31. The molecule has 4 nitrogen and oxygen atoms in total. The van der Waals surface area contributed by atoms with Crippen molar-refractivity contribution in [3.63, 3.8) is 0 Å². The highest BCUT2D eigenvalue weighted by atomic mass is 19.1. The number of hydrogen-bond acceptors (Lipinski definition) is 2. The molecule has 1 aliphatic heterocycles. The second-order valence-corrected chi connectivity index (χ2v) is 11.3. The van der Waals surface area contributed by atoms with Crippen molar-refractivity contribution in [2.75, 3.05) is 12.4 Å². The van der Waals surface area contributed by atoms with E-state index in [-0.39, 0.29) is 40.3 Å². The fraction of sp³-hybridized carbons (Fsp3) is 0.630. The molecule has 0 radical (unpaired) electrons. The van der Waals surface area contributed by atoms with Crippen molar-refractivity contribution in [3.05, 3.63) is 42.0 Å². The van der Waals surface area contributed by atoms with Crippen LogP contribution in [0.25, 0.3) is 0 Å². The van der Waals surface area contributed by atoms with Crippen LogP contribution in [-0.2, 0) is 9.59 Å². The third kappa shape index (κ3) is 3.60. The van der Waals surface area contributed by atoms with E-state index in [9.17, 15) is 18.4 Å². The fourth-order valence-corrected chi connectivity index (χ4v) is 8.24. The SMILES string of the molecule is CN1C(=O)C=C[C@]2(C)C3CC[C@@]4(C)C(CC[C@@H]4CC(=O)Nc4cc(F)cc(F)c4)C3CCC12. The molecule has 0 aromatic heterocycles. The zero-order chi connectivity index (χ0) is 23.5. The van der Waals surface area contributed by atoms with Gasteiger partial charge < -0.3 is 10.2 Å². The summed E-state index contributed by atoms with van der Waals surface area (Å²) in [5.74, 6) is 0.593. The summed E-state index contributed by atoms with van der Waals surface area (Å²) in [5.41, 5.74) is 0.300. The molecule has 6 heteroatoms. The van der Waals surface area contributed by atoms with Gasteiger partial charge in [-0.15, -0.1) is 0 Å². The number of anilines is 1. The van der Waals surface area contributed by atoms with Crippen molar-refractivity contribution in [2.45, 2.75) is 64.8 Å². The lowest BCUT2D eigenvalue weighted by Crippen LogP contribution is -2.59. The highest BCUT2D eigenvalue weighted by Crippen LogP contribution is 2.65. The van der Waals surface area contributed by atoms with E-state index < -0.39 is 11.6 Å². The summed E-state index contributed by atoms with van der Waals surface area (Å²) in [6, 6.07) is 3.39. The second kappa shape index (κ2) is 7.92. The smallest absolute Gasteiger partial charge is 0.246 e. The van der Waals surface area contributed by atoms with Gasteiger partial charge in [0.15, 0.2) is 0 Å². The van der Waals surface area contributed by atoms with E-state index >= 15 is 0 Å². The van der Waals surface area contributed by atoms with Crippen LogP contribution in [0.2, 0.25) is 0 Å². The number of nitrogens with zero attached hydrogens (tertiary/aromatic N) is 1. The molecule has 0 saturated heterocycles. The summed E-state index contributed by atoms with van der Waals surface area (Å²) in [6.45, 7) is 4.70. The molecule has 178 valence electrons. The van der Waals surface area contributed by atoms with Gasteiger partial charge in [0.05, 0.1) is 0 Å². The van der Waals surface area contributed by atoms with Gasteiger partial charge in [-0.05, 0) is 85.8 Å². The van der Waals surface area contributed by atoms with Crippen molar-refractivity contribution < 1.29 is 18.4 Å². The summed E-state index contributed by atoms with van der Waals surface area (Å²) in [6.07, 6.45) is 10.9. The van der Waals surface area contributed by atoms with Crippen LogP contribution in [-0.4, -0.2) is 29.8 Å². The van der Waals surface area contributed by atoms with Gasteiger partial charge in [0.1, 0.15) is 11.6 Å². The molecule has 5 rings (SSSR count). The minimum absolute atomic E-state index is 0.0177. The maximum atomic E-state index is 13.5. The molecule has 4 aliphatic rings. The first-order chi connectivity index (χ1) is 15.6. The monoisotopic (exact) mass is 456 g/mol. The Kier molecular flexibility index (Phi) is 5.41. The number of amides is 2. The van der Waals surface area contributed by atoms with Gasteiger partial charge in [-0.2, -0.15) is 0 Å². The van der Waals surface area contributed by atoms with Gasteiger partial charge in [0.2, 0.25) is 11.8 Å². The molecule has 7 atom stereocenters. The average molecular weight is 457 g/mol. The number of fused-ring (bicyclic) bond motifs is 5. The molecule has 4 unspecified atom stereocenters. The summed E-state index contributed by atoms with van der Waals surface area (Å²) in [4.78, 5) is 27.0. The van der Waals surface area contributed by atoms with Gasteiger partial charge in [0, 0.05) is 36.7 Å². The summed E-state index contributed by atoms with van der Waals surface area (Å²) >= 11 is 0. The molecule has 3 saturated carbocycles. The van der Waals surface area contributed by atoms with Gasteiger partial charge in [-0.25, -0.2) is 8.78 Å². The molecule has 3 fully saturated rings. The maximum absolute atomic E-state index is 13.5. The Bertz CT molecular complexity index is 990. The predicted octanol–water partition coefficient (Wildman–Crippen LogP) is 5.55. The van der Waals surface area contributed by atoms with Gasteiger partial charge in [-0.1, -0.05) is 19.9 Å². The lowest BCUT2D eigenvalue weighted by atomic mass is 9.47. The van der Waals surface area contributed by atoms with Crippen LogP contribution in [0.15, 0.2) is 30.4 Å². The lowest BCUT2D eigenvalue weighted by molar-refractivity contribution is -0.139. The summed E-state index contributed by atoms with van der Waals surface area (Å²) in [7, 11) is 1.94. The van der Waals surface area contributed by atoms with Crippen molar-refractivity contribution in [3.8, 4) is 0 Å². The Labute approximate surface area is 194 Å². The second-order valence-electron chi connectivity index (χ2n) is 11.3. The van der Waals surface area contributed by atoms with Crippen LogP contribution < -0.4 is 5.32 Å². The van der Waals surface area contributed by atoms with Gasteiger partial charge >= 0.3 is 0 Å². The number of benzene rings is 1. The van der Waals surface area contributed by atoms with Crippen LogP contribution >= 0.6 is 0 Å². The van der Waals surface area contributed by atoms with Crippen molar-refractivity contribution in [1.29, 1.82) is 0 Å². The summed E-state index contributed by atoms with van der Waals surface area (Å²) < 4.78 is 27.0. The van der Waals surface area contributed by atoms with E-state index in [2.05, 4.69) is 25.2 Å². The molecule has 1 aromatic rings. The summed E-state index contributed by atoms with van der Waals surface area (Å²) in [5, 5.41) is 2.71. The first kappa shape index (κ1) is 22.5. The molecule has 3 aliphatic carbocycles. The van der Waals surface area contributed by atoms with E-state index in [1.54, 1.807) is 6.08 Å². The highest BCUT2D eigenvalue weighted by Gasteiger charge is 2.60. The number of halogens is 2. The van der Waals surface area contributed by atoms with Crippen LogP contribution in [0.1, 0.15) is 58.8 Å². The number of carbonyl (C=O) groups excluding carboxylic acids is 2. The van der Waals surface area contributed by atoms with Crippen molar-refractivity contribution in [1.82, 2.24) is 4.90 Å². The van der Waals surface area contributed by atoms with E-state index in [0.29, 0.717) is 24.2 Å². The zero-order valence-electron chi connectivity index (χ0n) is 19.7. The molecular formula is C27H34F2N2O2. The largest absolute Gasteiger partial charge is 0.338 e. The topological polar surface area (TPSA) is 49.4 Å². The number of likely N-dealkylation sites (N-methyl/N-ethyl adjacent to an activating group) is 1. The quantitative estimate of drug-likeness (QED) is 0.648. The number of rotatable bonds is 3. The maximum Gasteiger partial charge on any atom is 0.246 e. The van der Waals surface area contributed by atoms with Crippen LogP contribution in [0.3, 0.4) is 0 Å². The molecule has 2 amide bonds. The van der Waals surface area contributed by atoms with E-state index in [0.717, 1.165) is 56.7 Å². The van der Waals surface area contributed by atoms with Crippen LogP contribution in [0.5, 0.6) is 0 Å².